The molecule has 0 saturated heterocycles. The van der Waals surface area contributed by atoms with Gasteiger partial charge in [0.2, 0.25) is 0 Å². The SMILES string of the molecule is c1ccc(-c2ccc(N(c3cccc(-c4ccccc4)c3)c3ccc4ccc5oc6ccccc6c5c4c3)cc2)cc1. The second-order valence-corrected chi connectivity index (χ2v) is 10.6. The Bertz CT molecular complexity index is 2180. The van der Waals surface area contributed by atoms with Crippen molar-refractivity contribution in [1.82, 2.24) is 0 Å². The molecule has 7 aromatic carbocycles. The molecule has 1 aromatic heterocycles. The van der Waals surface area contributed by atoms with Gasteiger partial charge in [-0.05, 0) is 81.6 Å². The molecular weight excluding hydrogens is 510 g/mol. The molecule has 1 heterocycles. The summed E-state index contributed by atoms with van der Waals surface area (Å²) >= 11 is 0. The highest BCUT2D eigenvalue weighted by Gasteiger charge is 2.17. The summed E-state index contributed by atoms with van der Waals surface area (Å²) in [6, 6.07) is 58.0. The Labute approximate surface area is 244 Å². The summed E-state index contributed by atoms with van der Waals surface area (Å²) in [5.74, 6) is 0. The average Bonchev–Trinajstić information content (AvgIpc) is 3.46. The smallest absolute Gasteiger partial charge is 0.136 e. The molecule has 0 aliphatic heterocycles. The maximum absolute atomic E-state index is 6.24. The summed E-state index contributed by atoms with van der Waals surface area (Å²) in [5, 5.41) is 4.66. The summed E-state index contributed by atoms with van der Waals surface area (Å²) in [6.07, 6.45) is 0. The molecule has 2 heteroatoms. The standard InChI is InChI=1S/C40H27NO/c1-3-10-28(11-4-1)30-18-22-33(23-19-30)41(34-15-9-14-32(26-34)29-12-5-2-6-13-29)35-24-20-31-21-25-39-40(37(31)27-35)36-16-7-8-17-38(36)42-39/h1-27H. The first-order chi connectivity index (χ1) is 20.8. The van der Waals surface area contributed by atoms with E-state index in [2.05, 4.69) is 157 Å². The minimum atomic E-state index is 0.908. The molecule has 0 radical (unpaired) electrons. The second kappa shape index (κ2) is 10.1. The van der Waals surface area contributed by atoms with Gasteiger partial charge in [-0.25, -0.2) is 0 Å². The van der Waals surface area contributed by atoms with Gasteiger partial charge in [0.05, 0.1) is 0 Å². The predicted molar refractivity (Wildman–Crippen MR) is 177 cm³/mol. The number of nitrogens with zero attached hydrogens (tertiary/aromatic N) is 1. The van der Waals surface area contributed by atoms with Crippen molar-refractivity contribution >= 4 is 49.8 Å². The van der Waals surface area contributed by atoms with Gasteiger partial charge >= 0.3 is 0 Å². The number of anilines is 3. The molecule has 8 aromatic rings. The summed E-state index contributed by atoms with van der Waals surface area (Å²) in [5.41, 5.74) is 9.91. The van der Waals surface area contributed by atoms with E-state index in [0.717, 1.165) is 39.0 Å². The fourth-order valence-electron chi connectivity index (χ4n) is 6.01. The van der Waals surface area contributed by atoms with Crippen LogP contribution in [0.5, 0.6) is 0 Å². The Morgan fingerprint density at radius 3 is 1.74 bits per heavy atom. The maximum atomic E-state index is 6.24. The number of fused-ring (bicyclic) bond motifs is 5. The summed E-state index contributed by atoms with van der Waals surface area (Å²) < 4.78 is 6.24. The van der Waals surface area contributed by atoms with Crippen molar-refractivity contribution < 1.29 is 4.42 Å². The third kappa shape index (κ3) is 4.22. The van der Waals surface area contributed by atoms with E-state index in [1.54, 1.807) is 0 Å². The van der Waals surface area contributed by atoms with Crippen LogP contribution in [0.15, 0.2) is 168 Å². The highest BCUT2D eigenvalue weighted by Crippen LogP contribution is 2.41. The van der Waals surface area contributed by atoms with Gasteiger partial charge in [0, 0.05) is 27.8 Å². The van der Waals surface area contributed by atoms with Gasteiger partial charge < -0.3 is 9.32 Å². The molecule has 0 N–H and O–H groups in total. The van der Waals surface area contributed by atoms with Crippen molar-refractivity contribution in [3.8, 4) is 22.3 Å². The number of hydrogen-bond acceptors (Lipinski definition) is 2. The minimum absolute atomic E-state index is 0.908. The monoisotopic (exact) mass is 537 g/mol. The van der Waals surface area contributed by atoms with Crippen LogP contribution >= 0.6 is 0 Å². The molecule has 2 nitrogen and oxygen atoms in total. The van der Waals surface area contributed by atoms with Gasteiger partial charge in [0.15, 0.2) is 0 Å². The second-order valence-electron chi connectivity index (χ2n) is 10.6. The van der Waals surface area contributed by atoms with Crippen molar-refractivity contribution in [1.29, 1.82) is 0 Å². The Hall–Kier alpha value is -5.60. The van der Waals surface area contributed by atoms with Crippen LogP contribution in [0.3, 0.4) is 0 Å². The number of benzene rings is 7. The Morgan fingerprint density at radius 1 is 0.357 bits per heavy atom. The van der Waals surface area contributed by atoms with Crippen molar-refractivity contribution in [2.75, 3.05) is 4.90 Å². The first-order valence-corrected chi connectivity index (χ1v) is 14.3. The fourth-order valence-corrected chi connectivity index (χ4v) is 6.01. The van der Waals surface area contributed by atoms with E-state index in [4.69, 9.17) is 4.42 Å². The van der Waals surface area contributed by atoms with Crippen molar-refractivity contribution in [2.45, 2.75) is 0 Å². The molecule has 0 bridgehead atoms. The van der Waals surface area contributed by atoms with Crippen molar-refractivity contribution in [3.63, 3.8) is 0 Å². The van der Waals surface area contributed by atoms with Gasteiger partial charge in [-0.3, -0.25) is 0 Å². The van der Waals surface area contributed by atoms with E-state index >= 15 is 0 Å². The highest BCUT2D eigenvalue weighted by atomic mass is 16.3. The van der Waals surface area contributed by atoms with E-state index < -0.39 is 0 Å². The zero-order valence-electron chi connectivity index (χ0n) is 22.9. The number of para-hydroxylation sites is 1. The van der Waals surface area contributed by atoms with Gasteiger partial charge in [-0.2, -0.15) is 0 Å². The number of rotatable bonds is 5. The largest absolute Gasteiger partial charge is 0.456 e. The summed E-state index contributed by atoms with van der Waals surface area (Å²) in [4.78, 5) is 2.35. The molecule has 42 heavy (non-hydrogen) atoms. The zero-order chi connectivity index (χ0) is 27.9. The average molecular weight is 538 g/mol. The fraction of sp³-hybridized carbons (Fsp3) is 0. The third-order valence-corrected chi connectivity index (χ3v) is 8.05. The predicted octanol–water partition coefficient (Wildman–Crippen LogP) is 11.5. The molecule has 0 aliphatic carbocycles. The lowest BCUT2D eigenvalue weighted by Gasteiger charge is -2.26. The summed E-state index contributed by atoms with van der Waals surface area (Å²) in [6.45, 7) is 0. The Balaban J connectivity index is 1.33. The van der Waals surface area contributed by atoms with E-state index in [1.165, 1.54) is 33.0 Å². The van der Waals surface area contributed by atoms with Crippen LogP contribution in [0.2, 0.25) is 0 Å². The molecule has 0 spiro atoms. The topological polar surface area (TPSA) is 16.4 Å². The molecule has 198 valence electrons. The molecule has 0 fully saturated rings. The first-order valence-electron chi connectivity index (χ1n) is 14.3. The van der Waals surface area contributed by atoms with Gasteiger partial charge in [0.1, 0.15) is 11.2 Å². The van der Waals surface area contributed by atoms with E-state index in [-0.39, 0.29) is 0 Å². The van der Waals surface area contributed by atoms with E-state index in [1.807, 2.05) is 12.1 Å². The van der Waals surface area contributed by atoms with Crippen LogP contribution in [0, 0.1) is 0 Å². The quantitative estimate of drug-likeness (QED) is 0.217. The van der Waals surface area contributed by atoms with Crippen molar-refractivity contribution in [3.05, 3.63) is 164 Å². The van der Waals surface area contributed by atoms with Crippen LogP contribution in [-0.2, 0) is 0 Å². The molecule has 0 aliphatic rings. The van der Waals surface area contributed by atoms with Crippen LogP contribution < -0.4 is 4.90 Å². The first kappa shape index (κ1) is 24.2. The Morgan fingerprint density at radius 2 is 0.952 bits per heavy atom. The van der Waals surface area contributed by atoms with E-state index in [9.17, 15) is 0 Å². The van der Waals surface area contributed by atoms with Crippen LogP contribution in [0.25, 0.3) is 55.0 Å². The van der Waals surface area contributed by atoms with Gasteiger partial charge in [-0.15, -0.1) is 0 Å². The van der Waals surface area contributed by atoms with Gasteiger partial charge in [0.25, 0.3) is 0 Å². The lowest BCUT2D eigenvalue weighted by atomic mass is 10.0. The lowest BCUT2D eigenvalue weighted by Crippen LogP contribution is -2.10. The lowest BCUT2D eigenvalue weighted by molar-refractivity contribution is 0.669. The number of hydrogen-bond donors (Lipinski definition) is 0. The van der Waals surface area contributed by atoms with Crippen LogP contribution in [-0.4, -0.2) is 0 Å². The third-order valence-electron chi connectivity index (χ3n) is 8.05. The molecule has 0 atom stereocenters. The maximum Gasteiger partial charge on any atom is 0.136 e. The normalized spacial score (nSPS) is 11.3. The Kier molecular flexibility index (Phi) is 5.82. The molecule has 0 saturated carbocycles. The minimum Gasteiger partial charge on any atom is -0.456 e. The van der Waals surface area contributed by atoms with Gasteiger partial charge in [-0.1, -0.05) is 115 Å². The highest BCUT2D eigenvalue weighted by molar-refractivity contribution is 6.19. The van der Waals surface area contributed by atoms with Crippen LogP contribution in [0.4, 0.5) is 17.1 Å². The zero-order valence-corrected chi connectivity index (χ0v) is 22.9. The molecule has 0 unspecified atom stereocenters. The van der Waals surface area contributed by atoms with Crippen LogP contribution in [0.1, 0.15) is 0 Å². The summed E-state index contributed by atoms with van der Waals surface area (Å²) in [7, 11) is 0. The number of furan rings is 1. The van der Waals surface area contributed by atoms with E-state index in [0.29, 0.717) is 0 Å². The molecule has 8 rings (SSSR count). The molecular formula is C40H27NO. The van der Waals surface area contributed by atoms with Crippen molar-refractivity contribution in [2.24, 2.45) is 0 Å². The molecule has 0 amide bonds.